The fourth-order valence-electron chi connectivity index (χ4n) is 2.59. The molecule has 0 aliphatic heterocycles. The second-order valence-corrected chi connectivity index (χ2v) is 8.11. The second kappa shape index (κ2) is 9.36. The molecule has 130 valence electrons. The van der Waals surface area contributed by atoms with Crippen LogP contribution in [0.15, 0.2) is 100.0 Å². The van der Waals surface area contributed by atoms with E-state index in [2.05, 4.69) is 86.5 Å². The molecule has 0 saturated carbocycles. The highest BCUT2D eigenvalue weighted by molar-refractivity contribution is 9.10. The summed E-state index contributed by atoms with van der Waals surface area (Å²) in [5.74, 6) is 0.0828. The van der Waals surface area contributed by atoms with Crippen LogP contribution in [0.4, 0.5) is 0 Å². The summed E-state index contributed by atoms with van der Waals surface area (Å²) in [6.45, 7) is 0. The van der Waals surface area contributed by atoms with E-state index in [1.54, 1.807) is 0 Å². The van der Waals surface area contributed by atoms with Crippen LogP contribution in [0.3, 0.4) is 0 Å². The molecule has 0 radical (unpaired) electrons. The molecule has 0 N–H and O–H groups in total. The zero-order valence-electron chi connectivity index (χ0n) is 13.9. The minimum absolute atomic E-state index is 0.0828. The van der Waals surface area contributed by atoms with Crippen LogP contribution in [0.2, 0.25) is 0 Å². The monoisotopic (exact) mass is 486 g/mol. The predicted molar refractivity (Wildman–Crippen MR) is 120 cm³/mol. The zero-order chi connectivity index (χ0) is 18.4. The quantitative estimate of drug-likeness (QED) is 0.339. The third-order valence-electron chi connectivity index (χ3n) is 4.00. The maximum atomic E-state index is 6.60. The Bertz CT molecular complexity index is 895. The molecule has 0 aliphatic carbocycles. The summed E-state index contributed by atoms with van der Waals surface area (Å²) in [4.78, 5) is 0. The highest BCUT2D eigenvalue weighted by atomic mass is 79.9. The van der Waals surface area contributed by atoms with Crippen LogP contribution in [0.25, 0.3) is 11.1 Å². The van der Waals surface area contributed by atoms with Crippen molar-refractivity contribution >= 4 is 54.6 Å². The summed E-state index contributed by atoms with van der Waals surface area (Å²) in [7, 11) is 0. The van der Waals surface area contributed by atoms with Gasteiger partial charge in [0.1, 0.15) is 0 Å². The normalized spacial score (nSPS) is 13.1. The van der Waals surface area contributed by atoms with Crippen molar-refractivity contribution in [3.63, 3.8) is 0 Å². The van der Waals surface area contributed by atoms with Gasteiger partial charge in [0.15, 0.2) is 0 Å². The minimum atomic E-state index is 0.0828. The minimum Gasteiger partial charge on any atom is -0.0840 e. The second-order valence-electron chi connectivity index (χ2n) is 5.87. The number of rotatable bonds is 5. The van der Waals surface area contributed by atoms with Crippen molar-refractivity contribution in [2.45, 2.75) is 5.92 Å². The van der Waals surface area contributed by atoms with Crippen LogP contribution in [-0.4, -0.2) is 0 Å². The number of allylic oxidation sites excluding steroid dienone is 2. The van der Waals surface area contributed by atoms with Crippen LogP contribution >= 0.6 is 43.5 Å². The summed E-state index contributed by atoms with van der Waals surface area (Å²) in [6.07, 6.45) is 6.40. The zero-order valence-corrected chi connectivity index (χ0v) is 17.9. The maximum absolute atomic E-state index is 6.60. The average molecular weight is 489 g/mol. The van der Waals surface area contributed by atoms with Gasteiger partial charge in [-0.15, -0.1) is 0 Å². The van der Waals surface area contributed by atoms with Crippen molar-refractivity contribution in [1.82, 2.24) is 0 Å². The smallest absolute Gasteiger partial charge is 0.0447 e. The summed E-state index contributed by atoms with van der Waals surface area (Å²) >= 11 is 13.6. The van der Waals surface area contributed by atoms with Gasteiger partial charge in [-0.3, -0.25) is 0 Å². The lowest BCUT2D eigenvalue weighted by atomic mass is 9.96. The molecular formula is C23H17Br2Cl. The lowest BCUT2D eigenvalue weighted by Gasteiger charge is -2.11. The summed E-state index contributed by atoms with van der Waals surface area (Å²) in [5, 5.41) is 0.749. The molecule has 0 spiro atoms. The molecule has 0 bridgehead atoms. The average Bonchev–Trinajstić information content (AvgIpc) is 2.67. The van der Waals surface area contributed by atoms with Gasteiger partial charge in [0.05, 0.1) is 0 Å². The molecule has 0 nitrogen and oxygen atoms in total. The summed E-state index contributed by atoms with van der Waals surface area (Å²) in [6, 6.07) is 26.6. The Hall–Kier alpha value is -1.61. The molecule has 0 fully saturated rings. The summed E-state index contributed by atoms with van der Waals surface area (Å²) < 4.78 is 2.14. The van der Waals surface area contributed by atoms with E-state index in [4.69, 9.17) is 11.6 Å². The number of benzene rings is 3. The van der Waals surface area contributed by atoms with Crippen LogP contribution in [0.1, 0.15) is 22.6 Å². The number of hydrogen-bond donors (Lipinski definition) is 0. The lowest BCUT2D eigenvalue weighted by molar-refractivity contribution is 1.09. The van der Waals surface area contributed by atoms with Crippen molar-refractivity contribution in [2.24, 2.45) is 0 Å². The molecule has 3 heteroatoms. The Morgan fingerprint density at radius 3 is 1.96 bits per heavy atom. The van der Waals surface area contributed by atoms with Gasteiger partial charge in [-0.2, -0.15) is 0 Å². The molecule has 3 aromatic rings. The first-order valence-electron chi connectivity index (χ1n) is 8.24. The molecule has 3 aromatic carbocycles. The number of hydrogen-bond acceptors (Lipinski definition) is 0. The van der Waals surface area contributed by atoms with Gasteiger partial charge in [-0.25, -0.2) is 0 Å². The van der Waals surface area contributed by atoms with Gasteiger partial charge in [-0.1, -0.05) is 116 Å². The van der Waals surface area contributed by atoms with Crippen LogP contribution in [-0.2, 0) is 0 Å². The molecule has 0 aromatic heterocycles. The molecular weight excluding hydrogens is 472 g/mol. The van der Waals surface area contributed by atoms with Crippen molar-refractivity contribution in [1.29, 1.82) is 0 Å². The van der Waals surface area contributed by atoms with E-state index >= 15 is 0 Å². The van der Waals surface area contributed by atoms with Crippen molar-refractivity contribution in [3.05, 3.63) is 117 Å². The third-order valence-corrected chi connectivity index (χ3v) is 5.40. The Labute approximate surface area is 176 Å². The standard InChI is InChI=1S/C23H17Br2Cl/c24-21-12-7-17(8-13-21)6-9-20(18-10-14-22(25)15-11-18)16-23(26)19-4-2-1-3-5-19/h1-16,20H/b9-6+,23-16+. The first-order valence-corrected chi connectivity index (χ1v) is 10.2. The first-order chi connectivity index (χ1) is 12.6. The molecule has 0 heterocycles. The van der Waals surface area contributed by atoms with E-state index in [0.29, 0.717) is 0 Å². The highest BCUT2D eigenvalue weighted by Crippen LogP contribution is 2.28. The molecule has 1 unspecified atom stereocenters. The van der Waals surface area contributed by atoms with Crippen LogP contribution in [0, 0.1) is 0 Å². The highest BCUT2D eigenvalue weighted by Gasteiger charge is 2.08. The predicted octanol–water partition coefficient (Wildman–Crippen LogP) is 8.29. The summed E-state index contributed by atoms with van der Waals surface area (Å²) in [5.41, 5.74) is 3.36. The van der Waals surface area contributed by atoms with E-state index in [-0.39, 0.29) is 5.92 Å². The van der Waals surface area contributed by atoms with Crippen LogP contribution in [0.5, 0.6) is 0 Å². The SMILES string of the molecule is Cl/C(=C/C(/C=C/c1ccc(Br)cc1)c1ccc(Br)cc1)c1ccccc1. The van der Waals surface area contributed by atoms with Crippen molar-refractivity contribution in [3.8, 4) is 0 Å². The molecule has 26 heavy (non-hydrogen) atoms. The van der Waals surface area contributed by atoms with Gasteiger partial charge in [0.25, 0.3) is 0 Å². The molecule has 0 aliphatic rings. The maximum Gasteiger partial charge on any atom is 0.0447 e. The molecule has 1 atom stereocenters. The van der Waals surface area contributed by atoms with Crippen molar-refractivity contribution in [2.75, 3.05) is 0 Å². The van der Waals surface area contributed by atoms with Gasteiger partial charge in [-0.05, 0) is 41.0 Å². The number of halogens is 3. The Morgan fingerprint density at radius 2 is 1.35 bits per heavy atom. The third kappa shape index (κ3) is 5.44. The van der Waals surface area contributed by atoms with E-state index in [1.165, 1.54) is 5.56 Å². The van der Waals surface area contributed by atoms with E-state index in [9.17, 15) is 0 Å². The van der Waals surface area contributed by atoms with Gasteiger partial charge < -0.3 is 0 Å². The van der Waals surface area contributed by atoms with E-state index in [0.717, 1.165) is 25.1 Å². The van der Waals surface area contributed by atoms with Crippen LogP contribution < -0.4 is 0 Å². The molecule has 0 saturated heterocycles. The van der Waals surface area contributed by atoms with E-state index in [1.807, 2.05) is 42.5 Å². The van der Waals surface area contributed by atoms with E-state index < -0.39 is 0 Å². The Balaban J connectivity index is 1.93. The molecule has 0 amide bonds. The largest absolute Gasteiger partial charge is 0.0840 e. The van der Waals surface area contributed by atoms with Gasteiger partial charge >= 0.3 is 0 Å². The van der Waals surface area contributed by atoms with Gasteiger partial charge in [0.2, 0.25) is 0 Å². The Morgan fingerprint density at radius 1 is 0.769 bits per heavy atom. The fourth-order valence-corrected chi connectivity index (χ4v) is 3.38. The van der Waals surface area contributed by atoms with Gasteiger partial charge in [0, 0.05) is 19.9 Å². The first kappa shape index (κ1) is 19.2. The molecule has 3 rings (SSSR count). The lowest BCUT2D eigenvalue weighted by Crippen LogP contribution is -1.92. The van der Waals surface area contributed by atoms with Crippen molar-refractivity contribution < 1.29 is 0 Å². The topological polar surface area (TPSA) is 0 Å². The Kier molecular flexibility index (Phi) is 6.90. The fraction of sp³-hybridized carbons (Fsp3) is 0.0435.